The number of carbonyl (C=O) groups is 3. The van der Waals surface area contributed by atoms with Crippen molar-refractivity contribution in [3.05, 3.63) is 71.2 Å². The molecule has 0 spiro atoms. The van der Waals surface area contributed by atoms with E-state index in [2.05, 4.69) is 63.7 Å². The smallest absolute Gasteiger partial charge is 0.253 e. The third kappa shape index (κ3) is 13.0. The molecule has 4 aromatic rings. The highest BCUT2D eigenvalue weighted by Crippen LogP contribution is 2.22. The number of fused-ring (bicyclic) bond motifs is 2. The Morgan fingerprint density at radius 3 is 1.63 bits per heavy atom. The number of benzene rings is 2. The number of hydrogen-bond acceptors (Lipinski definition) is 11. The topological polar surface area (TPSA) is 205 Å². The lowest BCUT2D eigenvalue weighted by Crippen LogP contribution is -2.41. The Bertz CT molecular complexity index is 2000. The average Bonchev–Trinajstić information content (AvgIpc) is 3.03. The van der Waals surface area contributed by atoms with Crippen LogP contribution in [0.4, 0.5) is 11.9 Å². The summed E-state index contributed by atoms with van der Waals surface area (Å²) in [6.45, 7) is 14.2. The fourth-order valence-corrected chi connectivity index (χ4v) is 4.56. The number of amides is 3. The van der Waals surface area contributed by atoms with E-state index >= 15 is 0 Å². The molecule has 0 atom stereocenters. The van der Waals surface area contributed by atoms with Gasteiger partial charge in [-0.1, -0.05) is 24.6 Å². The van der Waals surface area contributed by atoms with Crippen LogP contribution in [0.2, 0.25) is 0 Å². The van der Waals surface area contributed by atoms with Gasteiger partial charge in [0, 0.05) is 43.8 Å². The minimum atomic E-state index is -0.367. The number of nitrogens with one attached hydrogen (secondary N) is 4. The zero-order chi connectivity index (χ0) is 37.5. The van der Waals surface area contributed by atoms with Gasteiger partial charge < -0.3 is 15.2 Å². The zero-order valence-corrected chi connectivity index (χ0v) is 29.5. The Balaban J connectivity index is 0.000000277. The normalized spacial score (nSPS) is 10.7. The number of aliphatic imine (C=N–C) groups is 2. The minimum absolute atomic E-state index is 0.0225. The Morgan fingerprint density at radius 2 is 1.22 bits per heavy atom. The highest BCUT2D eigenvalue weighted by molar-refractivity contribution is 6.04. The molecule has 3 amide bonds. The van der Waals surface area contributed by atoms with Gasteiger partial charge in [0.15, 0.2) is 0 Å². The second kappa shape index (κ2) is 19.2. The van der Waals surface area contributed by atoms with E-state index in [4.69, 9.17) is 16.3 Å². The summed E-state index contributed by atoms with van der Waals surface area (Å²) in [4.78, 5) is 59.7. The first-order chi connectivity index (χ1) is 24.3. The number of rotatable bonds is 9. The molecule has 266 valence electrons. The zero-order valence-electron chi connectivity index (χ0n) is 29.5. The molecule has 15 nitrogen and oxygen atoms in total. The number of carbonyl (C=O) groups excluding carboxylic acids is 3. The second-order valence-electron chi connectivity index (χ2n) is 11.3. The van der Waals surface area contributed by atoms with Gasteiger partial charge in [0.05, 0.1) is 29.0 Å². The van der Waals surface area contributed by atoms with Gasteiger partial charge in [-0.25, -0.2) is 19.9 Å². The van der Waals surface area contributed by atoms with Crippen LogP contribution in [-0.4, -0.2) is 74.5 Å². The van der Waals surface area contributed by atoms with Crippen LogP contribution in [0.1, 0.15) is 50.2 Å². The lowest BCUT2D eigenvalue weighted by Gasteiger charge is -2.10. The summed E-state index contributed by atoms with van der Waals surface area (Å²) < 4.78 is 5.32. The molecule has 0 saturated heterocycles. The average molecular weight is 695 g/mol. The van der Waals surface area contributed by atoms with E-state index in [1.807, 2.05) is 50.2 Å². The van der Waals surface area contributed by atoms with E-state index in [0.717, 1.165) is 39.5 Å². The monoisotopic (exact) mass is 694 g/mol. The summed E-state index contributed by atoms with van der Waals surface area (Å²) in [6.07, 6.45) is 6.49. The predicted molar refractivity (Wildman–Crippen MR) is 196 cm³/mol. The molecule has 0 aliphatic heterocycles. The summed E-state index contributed by atoms with van der Waals surface area (Å²) in [7, 11) is 0. The number of aromatic nitrogens is 4. The van der Waals surface area contributed by atoms with E-state index < -0.39 is 0 Å². The molecular formula is C36H42N10O5. The Labute approximate surface area is 296 Å². The first kappa shape index (κ1) is 39.3. The fourth-order valence-electron chi connectivity index (χ4n) is 4.56. The number of ether oxygens (including phenoxy) is 1. The number of aryl methyl sites for hydroxylation is 2. The van der Waals surface area contributed by atoms with Crippen molar-refractivity contribution in [3.63, 3.8) is 0 Å². The molecule has 0 fully saturated rings. The van der Waals surface area contributed by atoms with Gasteiger partial charge in [0.2, 0.25) is 29.6 Å². The Kier molecular flexibility index (Phi) is 14.8. The Hall–Kier alpha value is -6.11. The van der Waals surface area contributed by atoms with E-state index in [9.17, 15) is 14.4 Å². The summed E-state index contributed by atoms with van der Waals surface area (Å²) in [5.74, 6) is 2.05. The molecular weight excluding hydrogens is 652 g/mol. The van der Waals surface area contributed by atoms with Crippen LogP contribution in [0.25, 0.3) is 21.8 Å². The highest BCUT2D eigenvalue weighted by atomic mass is 16.5. The van der Waals surface area contributed by atoms with Crippen molar-refractivity contribution in [1.29, 1.82) is 0 Å². The van der Waals surface area contributed by atoms with Crippen LogP contribution < -0.4 is 21.3 Å². The molecule has 0 saturated carbocycles. The van der Waals surface area contributed by atoms with Crippen LogP contribution in [0.5, 0.6) is 0 Å². The third-order valence-corrected chi connectivity index (χ3v) is 6.64. The van der Waals surface area contributed by atoms with Crippen LogP contribution in [-0.2, 0) is 32.0 Å². The number of terminal acetylenes is 1. The van der Waals surface area contributed by atoms with Gasteiger partial charge in [-0.15, -0.1) is 6.42 Å². The van der Waals surface area contributed by atoms with Gasteiger partial charge >= 0.3 is 0 Å². The van der Waals surface area contributed by atoms with Gasteiger partial charge in [0.25, 0.3) is 11.9 Å². The maximum absolute atomic E-state index is 11.3. The molecule has 0 aliphatic rings. The van der Waals surface area contributed by atoms with Crippen molar-refractivity contribution in [1.82, 2.24) is 41.2 Å². The summed E-state index contributed by atoms with van der Waals surface area (Å²) in [5, 5.41) is 21.2. The molecule has 0 unspecified atom stereocenters. The van der Waals surface area contributed by atoms with Crippen LogP contribution in [0.3, 0.4) is 0 Å². The lowest BCUT2D eigenvalue weighted by atomic mass is 10.1. The maximum atomic E-state index is 11.3. The van der Waals surface area contributed by atoms with Crippen molar-refractivity contribution in [2.24, 2.45) is 9.98 Å². The molecule has 5 N–H and O–H groups in total. The standard InChI is InChI=1S/C20H23N5O2.C16H19N5O3/c1-6-10-27-11-9-16-7-8-18-17(12-16)14(4)22-20(24-18)25-19(21-13(2)3)23-15(5)26;1-9-13-8-12(6-7-22)4-5-14(13)20-15(17-9)21-16(18-10(2)23)19-11(3)24/h1,7-8,12H,2,9-11H2,3-5H3,(H2,21,22,23,24,25,26);4-5,8,22H,6-7H2,1-3H3,(H2,17,18,19,20,21,23,24). The predicted octanol–water partition coefficient (Wildman–Crippen LogP) is 3.11. The number of aliphatic hydroxyl groups is 1. The molecule has 51 heavy (non-hydrogen) atoms. The number of guanidine groups is 2. The number of allylic oxidation sites excluding steroid dienone is 1. The van der Waals surface area contributed by atoms with Crippen molar-refractivity contribution in [2.45, 2.75) is 54.4 Å². The molecule has 0 radical (unpaired) electrons. The number of nitrogens with zero attached hydrogens (tertiary/aromatic N) is 6. The van der Waals surface area contributed by atoms with Crippen molar-refractivity contribution >= 4 is 63.3 Å². The largest absolute Gasteiger partial charge is 0.396 e. The minimum Gasteiger partial charge on any atom is -0.396 e. The molecule has 2 aromatic carbocycles. The first-order valence-corrected chi connectivity index (χ1v) is 15.9. The SMILES string of the molecule is C#CCOCCc1ccc2nc(N=C(NC(=C)C)NC(C)=O)nc(C)c2c1.CC(=O)NC(=Nc1nc(C)c2cc(CCO)ccc2n1)NC(C)=O. The van der Waals surface area contributed by atoms with Gasteiger partial charge in [0.1, 0.15) is 6.61 Å². The molecule has 0 aliphatic carbocycles. The summed E-state index contributed by atoms with van der Waals surface area (Å²) in [5.41, 5.74) is 5.71. The Morgan fingerprint density at radius 1 is 0.765 bits per heavy atom. The quantitative estimate of drug-likeness (QED) is 0.0749. The molecule has 4 rings (SSSR count). The van der Waals surface area contributed by atoms with Crippen LogP contribution in [0, 0.1) is 26.2 Å². The summed E-state index contributed by atoms with van der Waals surface area (Å²) in [6, 6.07) is 11.6. The van der Waals surface area contributed by atoms with Gasteiger partial charge in [-0.2, -0.15) is 9.98 Å². The molecule has 2 aromatic heterocycles. The lowest BCUT2D eigenvalue weighted by molar-refractivity contribution is -0.119. The third-order valence-electron chi connectivity index (χ3n) is 6.64. The molecule has 0 bridgehead atoms. The maximum Gasteiger partial charge on any atom is 0.253 e. The highest BCUT2D eigenvalue weighted by Gasteiger charge is 2.10. The fraction of sp³-hybridized carbons (Fsp3) is 0.306. The van der Waals surface area contributed by atoms with Crippen molar-refractivity contribution < 1.29 is 24.2 Å². The van der Waals surface area contributed by atoms with Gasteiger partial charge in [-0.3, -0.25) is 30.3 Å². The molecule has 15 heteroatoms. The second-order valence-corrected chi connectivity index (χ2v) is 11.3. The van der Waals surface area contributed by atoms with Crippen LogP contribution >= 0.6 is 0 Å². The number of hydrogen-bond donors (Lipinski definition) is 5. The number of aliphatic hydroxyl groups excluding tert-OH is 1. The van der Waals surface area contributed by atoms with Crippen LogP contribution in [0.15, 0.2) is 58.7 Å². The van der Waals surface area contributed by atoms with E-state index in [0.29, 0.717) is 36.5 Å². The van der Waals surface area contributed by atoms with Crippen molar-refractivity contribution in [2.75, 3.05) is 19.8 Å². The first-order valence-electron chi connectivity index (χ1n) is 15.9. The van der Waals surface area contributed by atoms with Crippen molar-refractivity contribution in [3.8, 4) is 12.3 Å². The van der Waals surface area contributed by atoms with E-state index in [1.165, 1.54) is 20.8 Å². The van der Waals surface area contributed by atoms with Gasteiger partial charge in [-0.05, 0) is 69.0 Å². The van der Waals surface area contributed by atoms with E-state index in [-0.39, 0.29) is 48.1 Å². The summed E-state index contributed by atoms with van der Waals surface area (Å²) >= 11 is 0. The molecule has 2 heterocycles. The van der Waals surface area contributed by atoms with E-state index in [1.54, 1.807) is 6.92 Å².